The number of carbonyl (C=O) groups excluding carboxylic acids is 1. The molecule has 0 radical (unpaired) electrons. The van der Waals surface area contributed by atoms with E-state index in [-0.39, 0.29) is 17.6 Å². The van der Waals surface area contributed by atoms with Gasteiger partial charge in [-0.1, -0.05) is 6.08 Å². The molecule has 2 heterocycles. The molecule has 3 rings (SSSR count). The smallest absolute Gasteiger partial charge is 0.249 e. The van der Waals surface area contributed by atoms with E-state index in [9.17, 15) is 4.79 Å². The molecule has 2 atom stereocenters. The standard InChI is InChI=1S/C17H27NO3/c1-2-20-15-11-17(21-12-15)9-6-10-18(13-17)16(19)14-7-4-3-5-8-14/h7,15H,2-6,8-13H2,1H3/t15-,17+/m1/s1. The number of ether oxygens (including phenoxy) is 2. The van der Waals surface area contributed by atoms with Gasteiger partial charge in [0, 0.05) is 25.1 Å². The van der Waals surface area contributed by atoms with E-state index in [2.05, 4.69) is 6.08 Å². The SMILES string of the molecule is CCO[C@H]1CO[C@@]2(CCCN(C(=O)C3=CCCCC3)C2)C1. The Labute approximate surface area is 127 Å². The molecule has 118 valence electrons. The van der Waals surface area contributed by atoms with Crippen LogP contribution in [0.2, 0.25) is 0 Å². The van der Waals surface area contributed by atoms with Crippen LogP contribution in [-0.4, -0.2) is 48.8 Å². The Morgan fingerprint density at radius 3 is 3.14 bits per heavy atom. The molecular weight excluding hydrogens is 266 g/mol. The Hall–Kier alpha value is -0.870. The van der Waals surface area contributed by atoms with E-state index < -0.39 is 0 Å². The first kappa shape index (κ1) is 15.0. The van der Waals surface area contributed by atoms with Crippen molar-refractivity contribution < 1.29 is 14.3 Å². The van der Waals surface area contributed by atoms with Crippen LogP contribution in [0.15, 0.2) is 11.6 Å². The van der Waals surface area contributed by atoms with E-state index >= 15 is 0 Å². The Balaban J connectivity index is 1.63. The largest absolute Gasteiger partial charge is 0.376 e. The normalized spacial score (nSPS) is 33.3. The van der Waals surface area contributed by atoms with Crippen LogP contribution in [0.5, 0.6) is 0 Å². The minimum absolute atomic E-state index is 0.150. The van der Waals surface area contributed by atoms with Gasteiger partial charge in [-0.3, -0.25) is 4.79 Å². The van der Waals surface area contributed by atoms with Crippen molar-refractivity contribution in [1.29, 1.82) is 0 Å². The molecule has 1 spiro atoms. The summed E-state index contributed by atoms with van der Waals surface area (Å²) in [6, 6.07) is 0. The van der Waals surface area contributed by atoms with E-state index in [1.54, 1.807) is 0 Å². The van der Waals surface area contributed by atoms with Crippen LogP contribution in [0.4, 0.5) is 0 Å². The lowest BCUT2D eigenvalue weighted by molar-refractivity contribution is -0.135. The highest BCUT2D eigenvalue weighted by Crippen LogP contribution is 2.36. The second-order valence-corrected chi connectivity index (χ2v) is 6.58. The maximum Gasteiger partial charge on any atom is 0.249 e. The molecule has 0 unspecified atom stereocenters. The summed E-state index contributed by atoms with van der Waals surface area (Å²) in [6.07, 6.45) is 9.76. The van der Waals surface area contributed by atoms with E-state index in [0.29, 0.717) is 6.61 Å². The number of likely N-dealkylation sites (tertiary alicyclic amines) is 1. The summed E-state index contributed by atoms with van der Waals surface area (Å²) in [5.41, 5.74) is 0.876. The first-order chi connectivity index (χ1) is 10.2. The lowest BCUT2D eigenvalue weighted by atomic mass is 9.88. The Kier molecular flexibility index (Phi) is 4.65. The Morgan fingerprint density at radius 1 is 1.48 bits per heavy atom. The van der Waals surface area contributed by atoms with Gasteiger partial charge in [0.15, 0.2) is 0 Å². The molecule has 3 aliphatic rings. The number of carbonyl (C=O) groups is 1. The van der Waals surface area contributed by atoms with Crippen molar-refractivity contribution in [1.82, 2.24) is 4.90 Å². The van der Waals surface area contributed by atoms with Crippen molar-refractivity contribution >= 4 is 5.91 Å². The molecule has 4 heteroatoms. The molecule has 0 aromatic rings. The van der Waals surface area contributed by atoms with Gasteiger partial charge in [0.2, 0.25) is 5.91 Å². The zero-order chi connectivity index (χ0) is 14.7. The molecule has 0 bridgehead atoms. The van der Waals surface area contributed by atoms with Crippen molar-refractivity contribution in [2.45, 2.75) is 63.6 Å². The quantitative estimate of drug-likeness (QED) is 0.803. The lowest BCUT2D eigenvalue weighted by Crippen LogP contribution is -2.50. The number of amides is 1. The van der Waals surface area contributed by atoms with Gasteiger partial charge in [-0.25, -0.2) is 0 Å². The molecule has 0 N–H and O–H groups in total. The molecule has 2 aliphatic heterocycles. The third kappa shape index (κ3) is 3.32. The monoisotopic (exact) mass is 293 g/mol. The van der Waals surface area contributed by atoms with E-state index in [1.807, 2.05) is 11.8 Å². The maximum atomic E-state index is 12.7. The van der Waals surface area contributed by atoms with Crippen molar-refractivity contribution in [3.8, 4) is 0 Å². The van der Waals surface area contributed by atoms with Crippen LogP contribution in [0.1, 0.15) is 51.9 Å². The molecular formula is C17H27NO3. The van der Waals surface area contributed by atoms with Crippen molar-refractivity contribution in [3.05, 3.63) is 11.6 Å². The van der Waals surface area contributed by atoms with Crippen LogP contribution in [0.3, 0.4) is 0 Å². The van der Waals surface area contributed by atoms with Gasteiger partial charge in [-0.2, -0.15) is 0 Å². The third-order valence-corrected chi connectivity index (χ3v) is 4.97. The van der Waals surface area contributed by atoms with E-state index in [0.717, 1.165) is 63.8 Å². The minimum Gasteiger partial charge on any atom is -0.376 e. The summed E-state index contributed by atoms with van der Waals surface area (Å²) >= 11 is 0. The fourth-order valence-electron chi connectivity index (χ4n) is 3.94. The lowest BCUT2D eigenvalue weighted by Gasteiger charge is -2.40. The molecule has 2 saturated heterocycles. The summed E-state index contributed by atoms with van der Waals surface area (Å²) in [7, 11) is 0. The molecule has 1 aliphatic carbocycles. The average Bonchev–Trinajstić information content (AvgIpc) is 2.90. The number of hydrogen-bond donors (Lipinski definition) is 0. The van der Waals surface area contributed by atoms with Gasteiger partial charge >= 0.3 is 0 Å². The average molecular weight is 293 g/mol. The summed E-state index contributed by atoms with van der Waals surface area (Å²) < 4.78 is 11.8. The zero-order valence-corrected chi connectivity index (χ0v) is 13.1. The molecule has 1 amide bonds. The number of hydrogen-bond acceptors (Lipinski definition) is 3. The van der Waals surface area contributed by atoms with Gasteiger partial charge in [0.25, 0.3) is 0 Å². The molecule has 0 aromatic heterocycles. The van der Waals surface area contributed by atoms with Crippen LogP contribution in [0.25, 0.3) is 0 Å². The molecule has 0 aromatic carbocycles. The zero-order valence-electron chi connectivity index (χ0n) is 13.1. The Morgan fingerprint density at radius 2 is 2.38 bits per heavy atom. The predicted molar refractivity (Wildman–Crippen MR) is 81.1 cm³/mol. The second-order valence-electron chi connectivity index (χ2n) is 6.58. The number of allylic oxidation sites excluding steroid dienone is 1. The van der Waals surface area contributed by atoms with Crippen LogP contribution in [-0.2, 0) is 14.3 Å². The molecule has 0 saturated carbocycles. The van der Waals surface area contributed by atoms with Gasteiger partial charge in [-0.15, -0.1) is 0 Å². The van der Waals surface area contributed by atoms with E-state index in [4.69, 9.17) is 9.47 Å². The van der Waals surface area contributed by atoms with Gasteiger partial charge in [0.1, 0.15) is 0 Å². The predicted octanol–water partition coefficient (Wildman–Crippen LogP) is 2.67. The maximum absolute atomic E-state index is 12.7. The van der Waals surface area contributed by atoms with Gasteiger partial charge in [0.05, 0.1) is 24.9 Å². The fraction of sp³-hybridized carbons (Fsp3) is 0.824. The number of piperidine rings is 1. The van der Waals surface area contributed by atoms with Crippen LogP contribution in [0, 0.1) is 0 Å². The topological polar surface area (TPSA) is 38.8 Å². The highest BCUT2D eigenvalue weighted by molar-refractivity contribution is 5.93. The summed E-state index contributed by atoms with van der Waals surface area (Å²) in [5.74, 6) is 0.247. The summed E-state index contributed by atoms with van der Waals surface area (Å²) in [4.78, 5) is 14.7. The van der Waals surface area contributed by atoms with Crippen LogP contribution < -0.4 is 0 Å². The molecule has 4 nitrogen and oxygen atoms in total. The van der Waals surface area contributed by atoms with Crippen molar-refractivity contribution in [3.63, 3.8) is 0 Å². The highest BCUT2D eigenvalue weighted by Gasteiger charge is 2.45. The molecule has 2 fully saturated rings. The Bertz CT molecular complexity index is 420. The van der Waals surface area contributed by atoms with Gasteiger partial charge < -0.3 is 14.4 Å². The summed E-state index contributed by atoms with van der Waals surface area (Å²) in [5, 5.41) is 0. The fourth-order valence-corrected chi connectivity index (χ4v) is 3.94. The van der Waals surface area contributed by atoms with Crippen molar-refractivity contribution in [2.75, 3.05) is 26.3 Å². The summed E-state index contributed by atoms with van der Waals surface area (Å²) in [6.45, 7) is 5.06. The second kappa shape index (κ2) is 6.49. The number of rotatable bonds is 3. The number of nitrogens with zero attached hydrogens (tertiary/aromatic N) is 1. The van der Waals surface area contributed by atoms with Gasteiger partial charge in [-0.05, 0) is 45.4 Å². The minimum atomic E-state index is -0.150. The highest BCUT2D eigenvalue weighted by atomic mass is 16.6. The van der Waals surface area contributed by atoms with Crippen LogP contribution >= 0.6 is 0 Å². The first-order valence-corrected chi connectivity index (χ1v) is 8.46. The first-order valence-electron chi connectivity index (χ1n) is 8.46. The third-order valence-electron chi connectivity index (χ3n) is 4.97. The van der Waals surface area contributed by atoms with Crippen molar-refractivity contribution in [2.24, 2.45) is 0 Å². The van der Waals surface area contributed by atoms with E-state index in [1.165, 1.54) is 6.42 Å². The molecule has 21 heavy (non-hydrogen) atoms.